The largest absolute Gasteiger partial charge is 0.396 e. The number of aromatic nitrogens is 2. The van der Waals surface area contributed by atoms with Crippen LogP contribution in [0.5, 0.6) is 0 Å². The normalized spacial score (nSPS) is 21.5. The maximum absolute atomic E-state index is 9.47. The first kappa shape index (κ1) is 17.3. The molecule has 4 rings (SSSR count). The summed E-state index contributed by atoms with van der Waals surface area (Å²) in [4.78, 5) is 13.6. The van der Waals surface area contributed by atoms with E-state index in [1.165, 1.54) is 18.4 Å². The highest BCUT2D eigenvalue weighted by atomic mass is 16.3. The van der Waals surface area contributed by atoms with E-state index in [9.17, 15) is 5.11 Å². The van der Waals surface area contributed by atoms with Gasteiger partial charge in [0.2, 0.25) is 0 Å². The van der Waals surface area contributed by atoms with Crippen LogP contribution in [0.2, 0.25) is 0 Å². The number of hydrogen-bond donors (Lipinski definition) is 1. The third-order valence-corrected chi connectivity index (χ3v) is 5.91. The maximum atomic E-state index is 9.47. The molecule has 5 nitrogen and oxygen atoms in total. The first-order chi connectivity index (χ1) is 12.7. The Balaban J connectivity index is 1.48. The molecule has 2 heterocycles. The van der Waals surface area contributed by atoms with Crippen LogP contribution >= 0.6 is 0 Å². The third kappa shape index (κ3) is 3.54. The van der Waals surface area contributed by atoms with E-state index >= 15 is 0 Å². The lowest BCUT2D eigenvalue weighted by Gasteiger charge is -2.33. The molecule has 1 N–H and O–H groups in total. The van der Waals surface area contributed by atoms with Gasteiger partial charge in [-0.05, 0) is 37.2 Å². The Morgan fingerprint density at radius 2 is 2.04 bits per heavy atom. The molecule has 138 valence electrons. The number of benzene rings is 1. The van der Waals surface area contributed by atoms with Gasteiger partial charge in [-0.15, -0.1) is 0 Å². The van der Waals surface area contributed by atoms with Crippen LogP contribution in [0.4, 0.5) is 11.6 Å². The van der Waals surface area contributed by atoms with E-state index in [2.05, 4.69) is 63.2 Å². The molecular formula is C21H28N4O. The monoisotopic (exact) mass is 352 g/mol. The van der Waals surface area contributed by atoms with Crippen molar-refractivity contribution in [1.82, 2.24) is 9.97 Å². The zero-order valence-corrected chi connectivity index (χ0v) is 15.5. The van der Waals surface area contributed by atoms with Crippen LogP contribution in [0.25, 0.3) is 0 Å². The van der Waals surface area contributed by atoms with E-state index in [0.29, 0.717) is 5.92 Å². The average Bonchev–Trinajstić information content (AvgIpc) is 3.49. The minimum Gasteiger partial charge on any atom is -0.396 e. The number of likely N-dealkylation sites (N-methyl/N-ethyl adjacent to an activating group) is 1. The highest BCUT2D eigenvalue weighted by Gasteiger charge is 2.45. The fourth-order valence-corrected chi connectivity index (χ4v) is 4.16. The van der Waals surface area contributed by atoms with Gasteiger partial charge in [-0.1, -0.05) is 30.3 Å². The first-order valence-electron chi connectivity index (χ1n) is 9.65. The first-order valence-corrected chi connectivity index (χ1v) is 9.65. The fourth-order valence-electron chi connectivity index (χ4n) is 4.16. The summed E-state index contributed by atoms with van der Waals surface area (Å²) in [5.74, 6) is 2.31. The molecule has 26 heavy (non-hydrogen) atoms. The summed E-state index contributed by atoms with van der Waals surface area (Å²) in [6.45, 7) is 3.12. The van der Waals surface area contributed by atoms with Crippen LogP contribution in [-0.2, 0) is 5.41 Å². The summed E-state index contributed by atoms with van der Waals surface area (Å²) in [6.07, 6.45) is 6.36. The van der Waals surface area contributed by atoms with Gasteiger partial charge in [0.25, 0.3) is 0 Å². The SMILES string of the molecule is CN(CC1(c2ccccc2)CC1)c1cc(N2CCCC(CO)C2)ncn1. The van der Waals surface area contributed by atoms with Gasteiger partial charge in [0.15, 0.2) is 0 Å². The summed E-state index contributed by atoms with van der Waals surface area (Å²) in [6, 6.07) is 12.9. The minimum absolute atomic E-state index is 0.258. The van der Waals surface area contributed by atoms with Crippen molar-refractivity contribution in [3.05, 3.63) is 48.3 Å². The van der Waals surface area contributed by atoms with E-state index in [1.54, 1.807) is 6.33 Å². The van der Waals surface area contributed by atoms with Crippen LogP contribution in [0.3, 0.4) is 0 Å². The van der Waals surface area contributed by atoms with Crippen molar-refractivity contribution in [2.45, 2.75) is 31.1 Å². The number of hydrogen-bond acceptors (Lipinski definition) is 5. The highest BCUT2D eigenvalue weighted by molar-refractivity contribution is 5.51. The van der Waals surface area contributed by atoms with Crippen molar-refractivity contribution in [2.75, 3.05) is 43.1 Å². The average molecular weight is 352 g/mol. The molecule has 2 aromatic rings. The van der Waals surface area contributed by atoms with Crippen molar-refractivity contribution in [3.63, 3.8) is 0 Å². The van der Waals surface area contributed by atoms with Crippen LogP contribution in [0.15, 0.2) is 42.7 Å². The van der Waals surface area contributed by atoms with Crippen molar-refractivity contribution >= 4 is 11.6 Å². The van der Waals surface area contributed by atoms with Crippen molar-refractivity contribution in [2.24, 2.45) is 5.92 Å². The lowest BCUT2D eigenvalue weighted by atomic mass is 9.95. The van der Waals surface area contributed by atoms with Gasteiger partial charge in [-0.25, -0.2) is 9.97 Å². The number of aliphatic hydroxyl groups excluding tert-OH is 1. The van der Waals surface area contributed by atoms with E-state index < -0.39 is 0 Å². The molecular weight excluding hydrogens is 324 g/mol. The zero-order valence-electron chi connectivity index (χ0n) is 15.5. The Hall–Kier alpha value is -2.14. The third-order valence-electron chi connectivity index (χ3n) is 5.91. The predicted molar refractivity (Wildman–Crippen MR) is 105 cm³/mol. The van der Waals surface area contributed by atoms with E-state index in [4.69, 9.17) is 0 Å². The Morgan fingerprint density at radius 3 is 2.77 bits per heavy atom. The Labute approximate surface area is 155 Å². The standard InChI is InChI=1S/C21H28N4O/c1-24(15-21(9-10-21)18-7-3-2-4-8-18)19-12-20(23-16-22-19)25-11-5-6-17(13-25)14-26/h2-4,7-8,12,16-17,26H,5-6,9-11,13-15H2,1H3. The second-order valence-corrected chi connectivity index (χ2v) is 7.87. The van der Waals surface area contributed by atoms with E-state index in [-0.39, 0.29) is 12.0 Å². The molecule has 1 atom stereocenters. The van der Waals surface area contributed by atoms with Crippen LogP contribution in [0, 0.1) is 5.92 Å². The number of piperidine rings is 1. The molecule has 2 aliphatic rings. The number of aliphatic hydroxyl groups is 1. The van der Waals surface area contributed by atoms with Gasteiger partial charge < -0.3 is 14.9 Å². The van der Waals surface area contributed by atoms with Gasteiger partial charge in [0.1, 0.15) is 18.0 Å². The second kappa shape index (κ2) is 7.23. The topological polar surface area (TPSA) is 52.5 Å². The molecule has 0 radical (unpaired) electrons. The summed E-state index contributed by atoms with van der Waals surface area (Å²) in [5, 5.41) is 9.47. The lowest BCUT2D eigenvalue weighted by Crippen LogP contribution is -2.37. The molecule has 5 heteroatoms. The van der Waals surface area contributed by atoms with E-state index in [1.807, 2.05) is 0 Å². The lowest BCUT2D eigenvalue weighted by molar-refractivity contribution is 0.208. The van der Waals surface area contributed by atoms with Crippen LogP contribution in [0.1, 0.15) is 31.2 Å². The van der Waals surface area contributed by atoms with Gasteiger partial charge in [-0.2, -0.15) is 0 Å². The summed E-state index contributed by atoms with van der Waals surface area (Å²) in [5.41, 5.74) is 1.71. The molecule has 1 aliphatic carbocycles. The smallest absolute Gasteiger partial charge is 0.134 e. The number of nitrogens with zero attached hydrogens (tertiary/aromatic N) is 4. The van der Waals surface area contributed by atoms with Crippen LogP contribution < -0.4 is 9.80 Å². The molecule has 1 unspecified atom stereocenters. The van der Waals surface area contributed by atoms with Crippen molar-refractivity contribution < 1.29 is 5.11 Å². The number of anilines is 2. The fraction of sp³-hybridized carbons (Fsp3) is 0.524. The molecule has 1 aromatic carbocycles. The second-order valence-electron chi connectivity index (χ2n) is 7.87. The summed E-state index contributed by atoms with van der Waals surface area (Å²) in [7, 11) is 2.13. The quantitative estimate of drug-likeness (QED) is 0.866. The number of rotatable bonds is 6. The molecule has 2 fully saturated rings. The van der Waals surface area contributed by atoms with Gasteiger partial charge in [0, 0.05) is 44.8 Å². The van der Waals surface area contributed by atoms with E-state index in [0.717, 1.165) is 44.1 Å². The Kier molecular flexibility index (Phi) is 4.81. The molecule has 1 aromatic heterocycles. The Morgan fingerprint density at radius 1 is 1.23 bits per heavy atom. The van der Waals surface area contributed by atoms with Gasteiger partial charge in [-0.3, -0.25) is 0 Å². The minimum atomic E-state index is 0.258. The molecule has 1 saturated heterocycles. The molecule has 1 aliphatic heterocycles. The van der Waals surface area contributed by atoms with Gasteiger partial charge >= 0.3 is 0 Å². The van der Waals surface area contributed by atoms with Crippen molar-refractivity contribution in [3.8, 4) is 0 Å². The highest BCUT2D eigenvalue weighted by Crippen LogP contribution is 2.48. The van der Waals surface area contributed by atoms with Crippen LogP contribution in [-0.4, -0.2) is 48.4 Å². The predicted octanol–water partition coefficient (Wildman–Crippen LogP) is 2.85. The zero-order chi connectivity index (χ0) is 18.0. The summed E-state index contributed by atoms with van der Waals surface area (Å²) < 4.78 is 0. The molecule has 1 saturated carbocycles. The summed E-state index contributed by atoms with van der Waals surface area (Å²) >= 11 is 0. The molecule has 0 amide bonds. The maximum Gasteiger partial charge on any atom is 0.134 e. The van der Waals surface area contributed by atoms with Gasteiger partial charge in [0.05, 0.1) is 0 Å². The Bertz CT molecular complexity index is 732. The van der Waals surface area contributed by atoms with Crippen molar-refractivity contribution in [1.29, 1.82) is 0 Å². The molecule has 0 bridgehead atoms. The molecule has 0 spiro atoms.